The zero-order valence-corrected chi connectivity index (χ0v) is 12.2. The van der Waals surface area contributed by atoms with Gasteiger partial charge in [0.1, 0.15) is 17.3 Å². The van der Waals surface area contributed by atoms with E-state index in [1.165, 1.54) is 6.21 Å². The summed E-state index contributed by atoms with van der Waals surface area (Å²) in [6, 6.07) is 7.58. The largest absolute Gasteiger partial charge is 0.623 e. The Bertz CT molecular complexity index is 607. The molecule has 0 bridgehead atoms. The molecule has 0 aliphatic heterocycles. The molecule has 106 valence electrons. The lowest BCUT2D eigenvalue weighted by atomic mass is 10.1. The number of methoxy groups -OCH3 is 1. The smallest absolute Gasteiger partial charge is 0.202 e. The predicted molar refractivity (Wildman–Crippen MR) is 79.1 cm³/mol. The van der Waals surface area contributed by atoms with Gasteiger partial charge in [0.2, 0.25) is 6.21 Å². The molecule has 1 aromatic carbocycles. The van der Waals surface area contributed by atoms with Crippen LogP contribution in [-0.4, -0.2) is 33.6 Å². The minimum absolute atomic E-state index is 0.473. The van der Waals surface area contributed by atoms with Gasteiger partial charge in [-0.3, -0.25) is 0 Å². The summed E-state index contributed by atoms with van der Waals surface area (Å²) >= 11 is 0. The third kappa shape index (κ3) is 3.17. The Morgan fingerprint density at radius 3 is 2.45 bits per heavy atom. The Balaban J connectivity index is 2.24. The number of ether oxygens (including phenoxy) is 1. The molecule has 0 saturated heterocycles. The van der Waals surface area contributed by atoms with Gasteiger partial charge in [0.15, 0.2) is 5.54 Å². The number of nitrogens with zero attached hydrogens (tertiary/aromatic N) is 2. The molecule has 0 unspecified atom stereocenters. The van der Waals surface area contributed by atoms with Crippen molar-refractivity contribution >= 4 is 6.21 Å². The SMILES string of the molecule is COc1ccc(-c2nc(/C=[N+](\[O-])C(C)(C)C)c[nH]2)cc1. The van der Waals surface area contributed by atoms with Gasteiger partial charge in [-0.1, -0.05) is 0 Å². The first-order chi connectivity index (χ1) is 9.40. The monoisotopic (exact) mass is 273 g/mol. The fraction of sp³-hybridized carbons (Fsp3) is 0.333. The van der Waals surface area contributed by atoms with Crippen molar-refractivity contribution in [3.05, 3.63) is 41.4 Å². The molecule has 0 fully saturated rings. The number of hydroxylamine groups is 1. The van der Waals surface area contributed by atoms with Gasteiger partial charge in [0.05, 0.1) is 7.11 Å². The van der Waals surface area contributed by atoms with Crippen molar-refractivity contribution in [2.45, 2.75) is 26.3 Å². The highest BCUT2D eigenvalue weighted by molar-refractivity contribution is 5.74. The standard InChI is InChI=1S/C15H19N3O2/c1-15(2,3)18(19)10-12-9-16-14(17-12)11-5-7-13(20-4)8-6-11/h5-10H,1-4H3,(H,16,17)/b18-10-. The molecule has 0 saturated carbocycles. The zero-order chi connectivity index (χ0) is 14.8. The molecule has 1 heterocycles. The Hall–Kier alpha value is -2.30. The minimum atomic E-state index is -0.473. The van der Waals surface area contributed by atoms with E-state index in [0.717, 1.165) is 21.9 Å². The van der Waals surface area contributed by atoms with Crippen molar-refractivity contribution in [1.29, 1.82) is 0 Å². The van der Waals surface area contributed by atoms with E-state index >= 15 is 0 Å². The van der Waals surface area contributed by atoms with E-state index < -0.39 is 5.54 Å². The van der Waals surface area contributed by atoms with Crippen molar-refractivity contribution in [2.75, 3.05) is 7.11 Å². The molecule has 5 heteroatoms. The summed E-state index contributed by atoms with van der Waals surface area (Å²) < 4.78 is 6.02. The fourth-order valence-corrected chi connectivity index (χ4v) is 1.61. The molecule has 5 nitrogen and oxygen atoms in total. The Kier molecular flexibility index (Phi) is 3.79. The summed E-state index contributed by atoms with van der Waals surface area (Å²) in [5.41, 5.74) is 1.08. The van der Waals surface area contributed by atoms with Crippen LogP contribution in [0.15, 0.2) is 30.5 Å². The number of hydrogen-bond acceptors (Lipinski definition) is 3. The van der Waals surface area contributed by atoms with Crippen molar-refractivity contribution in [1.82, 2.24) is 9.97 Å². The molecule has 0 spiro atoms. The van der Waals surface area contributed by atoms with Gasteiger partial charge in [0, 0.05) is 32.5 Å². The molecule has 0 aliphatic rings. The molecule has 20 heavy (non-hydrogen) atoms. The average molecular weight is 273 g/mol. The van der Waals surface area contributed by atoms with Crippen LogP contribution >= 0.6 is 0 Å². The third-order valence-electron chi connectivity index (χ3n) is 2.87. The summed E-state index contributed by atoms with van der Waals surface area (Å²) in [4.78, 5) is 7.46. The summed E-state index contributed by atoms with van der Waals surface area (Å²) in [5.74, 6) is 1.52. The fourth-order valence-electron chi connectivity index (χ4n) is 1.61. The van der Waals surface area contributed by atoms with Crippen molar-refractivity contribution in [2.24, 2.45) is 0 Å². The van der Waals surface area contributed by atoms with Crippen molar-refractivity contribution in [3.8, 4) is 17.1 Å². The normalized spacial score (nSPS) is 12.5. The molecule has 2 aromatic rings. The minimum Gasteiger partial charge on any atom is -0.623 e. The van der Waals surface area contributed by atoms with Gasteiger partial charge in [-0.05, 0) is 24.3 Å². The lowest BCUT2D eigenvalue weighted by Gasteiger charge is -2.17. The maximum Gasteiger partial charge on any atom is 0.202 e. The average Bonchev–Trinajstić information content (AvgIpc) is 2.86. The quantitative estimate of drug-likeness (QED) is 0.405. The maximum absolute atomic E-state index is 11.9. The van der Waals surface area contributed by atoms with Gasteiger partial charge in [-0.25, -0.2) is 9.72 Å². The van der Waals surface area contributed by atoms with E-state index in [1.807, 2.05) is 45.0 Å². The van der Waals surface area contributed by atoms with Crippen LogP contribution in [0.1, 0.15) is 26.5 Å². The summed E-state index contributed by atoms with van der Waals surface area (Å²) in [5, 5.41) is 11.9. The number of rotatable bonds is 3. The summed E-state index contributed by atoms with van der Waals surface area (Å²) in [7, 11) is 1.63. The summed E-state index contributed by atoms with van der Waals surface area (Å²) in [6.45, 7) is 5.56. The van der Waals surface area contributed by atoms with E-state index in [0.29, 0.717) is 5.69 Å². The molecular weight excluding hydrogens is 254 g/mol. The highest BCUT2D eigenvalue weighted by Crippen LogP contribution is 2.19. The molecule has 1 N–H and O–H groups in total. The number of hydrogen-bond donors (Lipinski definition) is 1. The molecule has 0 amide bonds. The third-order valence-corrected chi connectivity index (χ3v) is 2.87. The second-order valence-corrected chi connectivity index (χ2v) is 5.53. The van der Waals surface area contributed by atoms with Crippen LogP contribution in [0, 0.1) is 5.21 Å². The second-order valence-electron chi connectivity index (χ2n) is 5.53. The second kappa shape index (κ2) is 5.36. The maximum atomic E-state index is 11.9. The van der Waals surface area contributed by atoms with Gasteiger partial charge >= 0.3 is 0 Å². The molecule has 0 radical (unpaired) electrons. The van der Waals surface area contributed by atoms with Crippen LogP contribution in [0.25, 0.3) is 11.4 Å². The highest BCUT2D eigenvalue weighted by atomic mass is 16.5. The van der Waals surface area contributed by atoms with Crippen molar-refractivity contribution < 1.29 is 9.48 Å². The van der Waals surface area contributed by atoms with E-state index in [-0.39, 0.29) is 0 Å². The van der Waals surface area contributed by atoms with E-state index in [1.54, 1.807) is 13.3 Å². The lowest BCUT2D eigenvalue weighted by Crippen LogP contribution is -2.29. The topological polar surface area (TPSA) is 64.0 Å². The number of benzene rings is 1. The van der Waals surface area contributed by atoms with Crippen LogP contribution < -0.4 is 4.74 Å². The Morgan fingerprint density at radius 2 is 1.90 bits per heavy atom. The van der Waals surface area contributed by atoms with Gasteiger partial charge < -0.3 is 14.9 Å². The molecule has 1 aromatic heterocycles. The van der Waals surface area contributed by atoms with Crippen LogP contribution in [0.4, 0.5) is 0 Å². The predicted octanol–water partition coefficient (Wildman–Crippen LogP) is 2.81. The molecule has 0 aliphatic carbocycles. The first-order valence-corrected chi connectivity index (χ1v) is 6.41. The molecule has 0 atom stereocenters. The number of imidazole rings is 1. The number of nitrogens with one attached hydrogen (secondary N) is 1. The first-order valence-electron chi connectivity index (χ1n) is 6.41. The molecular formula is C15H19N3O2. The Labute approximate surface area is 118 Å². The van der Waals surface area contributed by atoms with Crippen molar-refractivity contribution in [3.63, 3.8) is 0 Å². The van der Waals surface area contributed by atoms with Crippen LogP contribution in [0.3, 0.4) is 0 Å². The van der Waals surface area contributed by atoms with Crippen LogP contribution in [-0.2, 0) is 0 Å². The Morgan fingerprint density at radius 1 is 1.25 bits per heavy atom. The van der Waals surface area contributed by atoms with Gasteiger partial charge in [-0.2, -0.15) is 0 Å². The van der Waals surface area contributed by atoms with Gasteiger partial charge in [-0.15, -0.1) is 0 Å². The van der Waals surface area contributed by atoms with Crippen LogP contribution in [0.5, 0.6) is 5.75 Å². The first kappa shape index (κ1) is 14.1. The van der Waals surface area contributed by atoms with Crippen LogP contribution in [0.2, 0.25) is 0 Å². The summed E-state index contributed by atoms with van der Waals surface area (Å²) in [6.07, 6.45) is 3.21. The van der Waals surface area contributed by atoms with E-state index in [2.05, 4.69) is 9.97 Å². The lowest BCUT2D eigenvalue weighted by molar-refractivity contribution is -0.530. The number of aromatic nitrogens is 2. The van der Waals surface area contributed by atoms with E-state index in [4.69, 9.17) is 4.74 Å². The number of H-pyrrole nitrogens is 1. The van der Waals surface area contributed by atoms with Gasteiger partial charge in [0.25, 0.3) is 0 Å². The zero-order valence-electron chi connectivity index (χ0n) is 12.2. The van der Waals surface area contributed by atoms with E-state index in [9.17, 15) is 5.21 Å². The highest BCUT2D eigenvalue weighted by Gasteiger charge is 2.18. The molecule has 2 rings (SSSR count). The number of aromatic amines is 1.